The third kappa shape index (κ3) is 4.78. The number of hydrogen-bond donors (Lipinski definition) is 0. The average Bonchev–Trinajstić information content (AvgIpc) is 3.47. The van der Waals surface area contributed by atoms with Crippen LogP contribution in [0.5, 0.6) is 0 Å². The van der Waals surface area contributed by atoms with Crippen LogP contribution in [0.25, 0.3) is 6.08 Å². The molecule has 2 heterocycles. The second-order valence-electron chi connectivity index (χ2n) is 9.04. The van der Waals surface area contributed by atoms with Crippen LogP contribution in [0, 0.1) is 6.92 Å². The van der Waals surface area contributed by atoms with E-state index < -0.39 is 4.33 Å². The van der Waals surface area contributed by atoms with Gasteiger partial charge in [0, 0.05) is 16.3 Å². The normalized spacial score (nSPS) is 19.7. The predicted octanol–water partition coefficient (Wildman–Crippen LogP) is 7.83. The number of para-hydroxylation sites is 1. The Morgan fingerprint density at radius 3 is 2.13 bits per heavy atom. The third-order valence-corrected chi connectivity index (χ3v) is 9.29. The zero-order valence-corrected chi connectivity index (χ0v) is 23.2. The van der Waals surface area contributed by atoms with Crippen LogP contribution in [0.1, 0.15) is 21.5 Å². The Labute approximate surface area is 240 Å². The van der Waals surface area contributed by atoms with Gasteiger partial charge in [-0.25, -0.2) is 5.01 Å². The fourth-order valence-electron chi connectivity index (χ4n) is 4.39. The lowest BCUT2D eigenvalue weighted by Crippen LogP contribution is -2.51. The van der Waals surface area contributed by atoms with Gasteiger partial charge in [0.15, 0.2) is 5.04 Å². The first-order valence-electron chi connectivity index (χ1n) is 12.2. The van der Waals surface area contributed by atoms with Crippen LogP contribution in [-0.4, -0.2) is 21.1 Å². The summed E-state index contributed by atoms with van der Waals surface area (Å²) in [5.74, 6) is -0.365. The Morgan fingerprint density at radius 1 is 0.821 bits per heavy atom. The fraction of sp³-hybridized carbons (Fsp3) is 0.0645. The number of benzene rings is 4. The number of anilines is 2. The van der Waals surface area contributed by atoms with E-state index in [-0.39, 0.29) is 11.7 Å². The first-order chi connectivity index (χ1) is 18.9. The minimum atomic E-state index is -1.11. The summed E-state index contributed by atoms with van der Waals surface area (Å²) in [5.41, 5.74) is 4.01. The minimum Gasteiger partial charge on any atom is -0.286 e. The highest BCUT2D eigenvalue weighted by Gasteiger charge is 2.60. The summed E-state index contributed by atoms with van der Waals surface area (Å²) in [6, 6.07) is 33.8. The lowest BCUT2D eigenvalue weighted by Gasteiger charge is -2.38. The van der Waals surface area contributed by atoms with Crippen molar-refractivity contribution in [2.75, 3.05) is 9.91 Å². The van der Waals surface area contributed by atoms with Gasteiger partial charge in [-0.15, -0.1) is 0 Å². The van der Waals surface area contributed by atoms with E-state index in [2.05, 4.69) is 0 Å². The third-order valence-electron chi connectivity index (χ3n) is 6.32. The zero-order chi connectivity index (χ0) is 27.0. The summed E-state index contributed by atoms with van der Waals surface area (Å²) in [4.78, 5) is 30.1. The van der Waals surface area contributed by atoms with E-state index in [4.69, 9.17) is 16.7 Å². The van der Waals surface area contributed by atoms with E-state index in [9.17, 15) is 9.59 Å². The van der Waals surface area contributed by atoms with Gasteiger partial charge in [0.2, 0.25) is 10.1 Å². The summed E-state index contributed by atoms with van der Waals surface area (Å²) < 4.78 is -1.11. The van der Waals surface area contributed by atoms with E-state index in [0.29, 0.717) is 31.9 Å². The lowest BCUT2D eigenvalue weighted by atomic mass is 10.1. The molecule has 0 aromatic heterocycles. The van der Waals surface area contributed by atoms with Crippen LogP contribution < -0.4 is 9.91 Å². The maximum Gasteiger partial charge on any atom is 0.268 e. The number of nitrogens with zero attached hydrogens (tertiary/aromatic N) is 3. The number of aryl methyl sites for hydroxylation is 1. The molecule has 192 valence electrons. The van der Waals surface area contributed by atoms with Gasteiger partial charge >= 0.3 is 0 Å². The number of rotatable bonds is 5. The monoisotopic (exact) mass is 567 g/mol. The molecule has 0 saturated carbocycles. The molecule has 6 rings (SSSR count). The molecule has 0 aliphatic carbocycles. The molecule has 1 amide bonds. The van der Waals surface area contributed by atoms with Gasteiger partial charge in [-0.05, 0) is 66.7 Å². The molecule has 2 aliphatic rings. The number of hydrazone groups is 1. The van der Waals surface area contributed by atoms with Crippen molar-refractivity contribution >= 4 is 69.3 Å². The Kier molecular flexibility index (Phi) is 6.81. The van der Waals surface area contributed by atoms with E-state index in [0.717, 1.165) is 11.1 Å². The SMILES string of the molecule is Cc1ccc(/C=C2\S[C@@]3(SC(C(=O)c4ccccc4)=NN3c3ccc(Cl)cc3)N(c3ccccc3)C2=O)cc1. The summed E-state index contributed by atoms with van der Waals surface area (Å²) in [6.45, 7) is 2.03. The van der Waals surface area contributed by atoms with Crippen molar-refractivity contribution in [1.82, 2.24) is 0 Å². The highest BCUT2D eigenvalue weighted by atomic mass is 35.5. The quantitative estimate of drug-likeness (QED) is 0.182. The van der Waals surface area contributed by atoms with Crippen molar-refractivity contribution in [3.8, 4) is 0 Å². The molecule has 1 spiro atoms. The minimum absolute atomic E-state index is 0.165. The van der Waals surface area contributed by atoms with Gasteiger partial charge < -0.3 is 0 Å². The van der Waals surface area contributed by atoms with Crippen molar-refractivity contribution in [3.63, 3.8) is 0 Å². The molecular weight excluding hydrogens is 546 g/mol. The second-order valence-corrected chi connectivity index (χ2v) is 12.1. The fourth-order valence-corrected chi connectivity index (χ4v) is 7.46. The summed E-state index contributed by atoms with van der Waals surface area (Å²) in [6.07, 6.45) is 1.90. The molecule has 0 N–H and O–H groups in total. The van der Waals surface area contributed by atoms with Crippen LogP contribution >= 0.6 is 35.1 Å². The first kappa shape index (κ1) is 25.5. The van der Waals surface area contributed by atoms with Gasteiger partial charge in [-0.1, -0.05) is 102 Å². The highest BCUT2D eigenvalue weighted by Crippen LogP contribution is 2.59. The molecule has 39 heavy (non-hydrogen) atoms. The van der Waals surface area contributed by atoms with Gasteiger partial charge in [0.1, 0.15) is 0 Å². The second kappa shape index (κ2) is 10.4. The number of carbonyl (C=O) groups is 2. The van der Waals surface area contributed by atoms with Gasteiger partial charge in [0.05, 0.1) is 10.6 Å². The van der Waals surface area contributed by atoms with Crippen LogP contribution in [0.2, 0.25) is 5.02 Å². The number of amides is 1. The van der Waals surface area contributed by atoms with E-state index in [1.807, 2.05) is 97.9 Å². The van der Waals surface area contributed by atoms with Gasteiger partial charge in [0.25, 0.3) is 5.91 Å². The molecule has 5 nitrogen and oxygen atoms in total. The standard InChI is InChI=1S/C31H22ClN3O2S2/c1-21-12-14-22(15-13-21)20-27-30(37)34(25-10-6-3-7-11-25)31(38-27)35(26-18-16-24(32)17-19-26)33-29(39-31)28(36)23-8-4-2-5-9-23/h2-20H,1H3/b27-20-/t31-/m1/s1. The van der Waals surface area contributed by atoms with Crippen LogP contribution in [0.15, 0.2) is 119 Å². The van der Waals surface area contributed by atoms with Crippen LogP contribution in [0.4, 0.5) is 11.4 Å². The number of Topliss-reactive ketones (excluding diaryl/α,β-unsaturated/α-hetero) is 1. The maximum absolute atomic E-state index is 14.2. The number of hydrogen-bond acceptors (Lipinski definition) is 6. The molecule has 0 radical (unpaired) electrons. The Bertz CT molecular complexity index is 1610. The van der Waals surface area contributed by atoms with E-state index in [1.165, 1.54) is 23.5 Å². The molecule has 2 aliphatic heterocycles. The Hall–Kier alpha value is -3.78. The predicted molar refractivity (Wildman–Crippen MR) is 163 cm³/mol. The maximum atomic E-state index is 14.2. The Balaban J connectivity index is 1.51. The molecule has 4 aromatic rings. The molecular formula is C31H22ClN3O2S2. The molecule has 8 heteroatoms. The molecule has 1 fully saturated rings. The number of thioether (sulfide) groups is 2. The van der Waals surface area contributed by atoms with E-state index >= 15 is 0 Å². The lowest BCUT2D eigenvalue weighted by molar-refractivity contribution is -0.114. The molecule has 0 unspecified atom stereocenters. The van der Waals surface area contributed by atoms with Gasteiger partial charge in [-0.2, -0.15) is 5.10 Å². The van der Waals surface area contributed by atoms with Crippen molar-refractivity contribution in [2.24, 2.45) is 5.10 Å². The van der Waals surface area contributed by atoms with E-state index in [1.54, 1.807) is 34.2 Å². The first-order valence-corrected chi connectivity index (χ1v) is 14.3. The van der Waals surface area contributed by atoms with Crippen molar-refractivity contribution in [1.29, 1.82) is 0 Å². The Morgan fingerprint density at radius 2 is 1.46 bits per heavy atom. The van der Waals surface area contributed by atoms with Gasteiger partial charge in [-0.3, -0.25) is 14.5 Å². The number of carbonyl (C=O) groups excluding carboxylic acids is 2. The van der Waals surface area contributed by atoms with Crippen molar-refractivity contribution in [2.45, 2.75) is 11.3 Å². The molecule has 0 bridgehead atoms. The summed E-state index contributed by atoms with van der Waals surface area (Å²) >= 11 is 8.86. The van der Waals surface area contributed by atoms with Crippen LogP contribution in [-0.2, 0) is 4.79 Å². The molecule has 4 aromatic carbocycles. The number of ketones is 1. The van der Waals surface area contributed by atoms with Crippen molar-refractivity contribution < 1.29 is 9.59 Å². The van der Waals surface area contributed by atoms with Crippen molar-refractivity contribution in [3.05, 3.63) is 136 Å². The smallest absolute Gasteiger partial charge is 0.268 e. The molecule has 1 atom stereocenters. The summed E-state index contributed by atoms with van der Waals surface area (Å²) in [5, 5.41) is 7.48. The summed E-state index contributed by atoms with van der Waals surface area (Å²) in [7, 11) is 0. The molecule has 1 saturated heterocycles. The highest BCUT2D eigenvalue weighted by molar-refractivity contribution is 8.29. The zero-order valence-electron chi connectivity index (χ0n) is 20.8. The largest absolute Gasteiger partial charge is 0.286 e. The topological polar surface area (TPSA) is 53.0 Å². The number of halogens is 1. The van der Waals surface area contributed by atoms with Crippen LogP contribution in [0.3, 0.4) is 0 Å². The average molecular weight is 568 g/mol.